The highest BCUT2D eigenvalue weighted by molar-refractivity contribution is 6.83. The van der Waals surface area contributed by atoms with Crippen LogP contribution in [0.2, 0.25) is 39.3 Å². The predicted molar refractivity (Wildman–Crippen MR) is 121 cm³/mol. The smallest absolute Gasteiger partial charge is 0.184 e. The molecule has 1 fully saturated rings. The van der Waals surface area contributed by atoms with Crippen LogP contribution in [-0.2, 0) is 4.43 Å². The summed E-state index contributed by atoms with van der Waals surface area (Å²) >= 11 is 0. The Morgan fingerprint density at radius 1 is 1.00 bits per heavy atom. The van der Waals surface area contributed by atoms with Crippen molar-refractivity contribution in [2.75, 3.05) is 7.11 Å². The van der Waals surface area contributed by atoms with E-state index in [2.05, 4.69) is 82.6 Å². The monoisotopic (exact) mass is 400 g/mol. The van der Waals surface area contributed by atoms with E-state index >= 15 is 0 Å². The van der Waals surface area contributed by atoms with Gasteiger partial charge in [-0.2, -0.15) is 0 Å². The first kappa shape index (κ1) is 20.6. The summed E-state index contributed by atoms with van der Waals surface area (Å²) < 4.78 is 12.0. The Bertz CT molecular complexity index is 750. The maximum Gasteiger partial charge on any atom is 0.184 e. The Morgan fingerprint density at radius 3 is 2.15 bits per heavy atom. The minimum absolute atomic E-state index is 0.0683. The summed E-state index contributed by atoms with van der Waals surface area (Å²) in [5.74, 6) is 1.33. The standard InChI is InChI=1S/C23H36O2Si2/c1-23-16-15-19(17-9-11-18(24-2)12-10-17)22(26(3,4)5)20(23)13-14-21(23)25-27(6,7)8/h9-12,15-16,19,21H,13-14H2,1-8H3/t19-,21+,23+/m0/s1. The van der Waals surface area contributed by atoms with Gasteiger partial charge in [0.25, 0.3) is 0 Å². The first-order valence-corrected chi connectivity index (χ1v) is 17.1. The highest BCUT2D eigenvalue weighted by Gasteiger charge is 2.49. The molecule has 0 bridgehead atoms. The van der Waals surface area contributed by atoms with Gasteiger partial charge in [0.2, 0.25) is 0 Å². The van der Waals surface area contributed by atoms with E-state index in [4.69, 9.17) is 9.16 Å². The maximum atomic E-state index is 6.66. The molecule has 27 heavy (non-hydrogen) atoms. The highest BCUT2D eigenvalue weighted by Crippen LogP contribution is 2.55. The second-order valence-corrected chi connectivity index (χ2v) is 19.8. The summed E-state index contributed by atoms with van der Waals surface area (Å²) in [5.41, 5.74) is 3.13. The van der Waals surface area contributed by atoms with Crippen LogP contribution in [0.25, 0.3) is 0 Å². The van der Waals surface area contributed by atoms with E-state index in [9.17, 15) is 0 Å². The molecule has 148 valence electrons. The minimum atomic E-state index is -1.56. The Morgan fingerprint density at radius 2 is 1.63 bits per heavy atom. The molecule has 1 aromatic carbocycles. The van der Waals surface area contributed by atoms with Crippen molar-refractivity contribution in [3.63, 3.8) is 0 Å². The van der Waals surface area contributed by atoms with Gasteiger partial charge in [-0.1, -0.05) is 54.7 Å². The third-order valence-electron chi connectivity index (χ3n) is 6.03. The van der Waals surface area contributed by atoms with Crippen LogP contribution < -0.4 is 4.74 Å². The van der Waals surface area contributed by atoms with Crippen LogP contribution >= 0.6 is 0 Å². The van der Waals surface area contributed by atoms with Gasteiger partial charge in [0.15, 0.2) is 8.32 Å². The topological polar surface area (TPSA) is 18.5 Å². The van der Waals surface area contributed by atoms with Crippen LogP contribution in [0.1, 0.15) is 31.2 Å². The number of ether oxygens (including phenoxy) is 1. The molecule has 0 amide bonds. The Balaban J connectivity index is 2.05. The summed E-state index contributed by atoms with van der Waals surface area (Å²) in [6.07, 6.45) is 7.61. The van der Waals surface area contributed by atoms with Crippen molar-refractivity contribution in [2.24, 2.45) is 5.41 Å². The first-order valence-electron chi connectivity index (χ1n) is 10.2. The van der Waals surface area contributed by atoms with Crippen LogP contribution in [-0.4, -0.2) is 29.6 Å². The van der Waals surface area contributed by atoms with Gasteiger partial charge in [0, 0.05) is 11.3 Å². The fourth-order valence-corrected chi connectivity index (χ4v) is 8.58. The molecule has 0 N–H and O–H groups in total. The number of benzene rings is 1. The summed E-state index contributed by atoms with van der Waals surface area (Å²) in [4.78, 5) is 0. The van der Waals surface area contributed by atoms with Crippen molar-refractivity contribution in [1.82, 2.24) is 0 Å². The highest BCUT2D eigenvalue weighted by atomic mass is 28.4. The van der Waals surface area contributed by atoms with Gasteiger partial charge < -0.3 is 9.16 Å². The normalized spacial score (nSPS) is 28.4. The zero-order chi connectivity index (χ0) is 20.0. The minimum Gasteiger partial charge on any atom is -0.497 e. The van der Waals surface area contributed by atoms with E-state index in [0.29, 0.717) is 12.0 Å². The van der Waals surface area contributed by atoms with Crippen molar-refractivity contribution >= 4 is 16.4 Å². The molecule has 0 heterocycles. The third kappa shape index (κ3) is 4.03. The number of rotatable bonds is 5. The van der Waals surface area contributed by atoms with Gasteiger partial charge in [0.1, 0.15) is 5.75 Å². The van der Waals surface area contributed by atoms with Crippen LogP contribution in [0, 0.1) is 5.41 Å². The molecule has 1 saturated carbocycles. The Labute approximate surface area is 167 Å². The van der Waals surface area contributed by atoms with Gasteiger partial charge in [0.05, 0.1) is 21.3 Å². The summed E-state index contributed by atoms with van der Waals surface area (Å²) in [6.45, 7) is 16.8. The SMILES string of the molecule is COc1ccc([C@@H]2C=C[C@]3(C)C(=C2[Si](C)(C)C)CC[C@H]3O[Si](C)(C)C)cc1. The largest absolute Gasteiger partial charge is 0.497 e. The number of methoxy groups -OCH3 is 1. The van der Waals surface area contributed by atoms with Crippen molar-refractivity contribution in [2.45, 2.75) is 71.1 Å². The predicted octanol–water partition coefficient (Wildman–Crippen LogP) is 6.54. The van der Waals surface area contributed by atoms with E-state index in [1.165, 1.54) is 12.0 Å². The molecule has 0 unspecified atom stereocenters. The van der Waals surface area contributed by atoms with E-state index < -0.39 is 16.4 Å². The fraction of sp³-hybridized carbons (Fsp3) is 0.565. The fourth-order valence-electron chi connectivity index (χ4n) is 4.87. The van der Waals surface area contributed by atoms with Crippen LogP contribution in [0.3, 0.4) is 0 Å². The average molecular weight is 401 g/mol. The second-order valence-electron chi connectivity index (χ2n) is 10.3. The first-order chi connectivity index (χ1) is 12.5. The van der Waals surface area contributed by atoms with E-state index in [-0.39, 0.29) is 5.41 Å². The van der Waals surface area contributed by atoms with E-state index in [1.54, 1.807) is 17.9 Å². The quantitative estimate of drug-likeness (QED) is 0.412. The summed E-state index contributed by atoms with van der Waals surface area (Å²) in [5, 5.41) is 1.72. The lowest BCUT2D eigenvalue weighted by Crippen LogP contribution is -2.41. The van der Waals surface area contributed by atoms with Crippen LogP contribution in [0.4, 0.5) is 0 Å². The van der Waals surface area contributed by atoms with Gasteiger partial charge >= 0.3 is 0 Å². The van der Waals surface area contributed by atoms with Gasteiger partial charge in [-0.3, -0.25) is 0 Å². The van der Waals surface area contributed by atoms with Crippen LogP contribution in [0.15, 0.2) is 47.2 Å². The molecule has 0 saturated heterocycles. The third-order valence-corrected chi connectivity index (χ3v) is 9.25. The van der Waals surface area contributed by atoms with E-state index in [1.807, 2.05) is 0 Å². The van der Waals surface area contributed by atoms with Crippen molar-refractivity contribution in [3.8, 4) is 5.75 Å². The lowest BCUT2D eigenvalue weighted by atomic mass is 9.75. The molecular weight excluding hydrogens is 364 g/mol. The molecule has 2 nitrogen and oxygen atoms in total. The molecule has 2 aliphatic rings. The van der Waals surface area contributed by atoms with E-state index in [0.717, 1.165) is 12.2 Å². The molecule has 3 rings (SSSR count). The lowest BCUT2D eigenvalue weighted by molar-refractivity contribution is 0.129. The summed E-state index contributed by atoms with van der Waals surface area (Å²) in [7, 11) is -1.33. The zero-order valence-electron chi connectivity index (χ0n) is 18.3. The molecular formula is C23H36O2Si2. The van der Waals surface area contributed by atoms with Gasteiger partial charge in [-0.25, -0.2) is 0 Å². The summed E-state index contributed by atoms with van der Waals surface area (Å²) in [6, 6.07) is 8.66. The molecule has 4 heteroatoms. The molecule has 0 aliphatic heterocycles. The number of fused-ring (bicyclic) bond motifs is 1. The number of allylic oxidation sites excluding steroid dienone is 2. The maximum absolute atomic E-state index is 6.66. The number of hydrogen-bond donors (Lipinski definition) is 0. The molecule has 3 atom stereocenters. The van der Waals surface area contributed by atoms with Crippen molar-refractivity contribution < 1.29 is 9.16 Å². The average Bonchev–Trinajstić information content (AvgIpc) is 2.88. The van der Waals surface area contributed by atoms with Gasteiger partial charge in [-0.15, -0.1) is 0 Å². The molecule has 2 aliphatic carbocycles. The number of hydrogen-bond acceptors (Lipinski definition) is 2. The lowest BCUT2D eigenvalue weighted by Gasteiger charge is -2.42. The van der Waals surface area contributed by atoms with Crippen molar-refractivity contribution in [3.05, 3.63) is 52.8 Å². The second kappa shape index (κ2) is 7.05. The zero-order valence-corrected chi connectivity index (χ0v) is 20.3. The molecule has 0 spiro atoms. The van der Waals surface area contributed by atoms with Crippen molar-refractivity contribution in [1.29, 1.82) is 0 Å². The van der Waals surface area contributed by atoms with Gasteiger partial charge in [-0.05, 0) is 57.1 Å². The van der Waals surface area contributed by atoms with Crippen LogP contribution in [0.5, 0.6) is 5.75 Å². The molecule has 1 aromatic rings. The Kier molecular flexibility index (Phi) is 5.39. The molecule has 0 radical (unpaired) electrons. The Hall–Kier alpha value is -1.11. The molecule has 0 aromatic heterocycles.